The summed E-state index contributed by atoms with van der Waals surface area (Å²) in [6.45, 7) is 4.15. The number of carbonyl (C=O) groups is 2. The highest BCUT2D eigenvalue weighted by atomic mass is 32.2. The lowest BCUT2D eigenvalue weighted by Gasteiger charge is -2.34. The second-order valence-electron chi connectivity index (χ2n) is 9.79. The van der Waals surface area contributed by atoms with Crippen molar-refractivity contribution >= 4 is 40.8 Å². The average Bonchev–Trinajstić information content (AvgIpc) is 2.95. The first-order chi connectivity index (χ1) is 19.2. The van der Waals surface area contributed by atoms with Crippen molar-refractivity contribution in [1.29, 1.82) is 0 Å². The van der Waals surface area contributed by atoms with Gasteiger partial charge in [-0.05, 0) is 79.3 Å². The fourth-order valence-corrected chi connectivity index (χ4v) is 4.48. The van der Waals surface area contributed by atoms with Crippen molar-refractivity contribution in [1.82, 2.24) is 0 Å². The molecule has 0 aliphatic heterocycles. The van der Waals surface area contributed by atoms with E-state index in [1.807, 2.05) is 56.5 Å². The highest BCUT2D eigenvalue weighted by Crippen LogP contribution is 2.41. The number of carbonyl (C=O) groups excluding carboxylic acids is 2. The molecule has 0 fully saturated rings. The molecule has 0 radical (unpaired) electrons. The summed E-state index contributed by atoms with van der Waals surface area (Å²) >= 11 is 1.62. The van der Waals surface area contributed by atoms with Gasteiger partial charge in [0.2, 0.25) is 5.91 Å². The Kier molecular flexibility index (Phi) is 11.5. The van der Waals surface area contributed by atoms with E-state index in [9.17, 15) is 9.59 Å². The zero-order chi connectivity index (χ0) is 29.0. The van der Waals surface area contributed by atoms with E-state index in [1.165, 1.54) is 6.08 Å². The average molecular weight is 564 g/mol. The number of thioether (sulfide) groups is 1. The van der Waals surface area contributed by atoms with Crippen LogP contribution in [0.5, 0.6) is 5.75 Å². The van der Waals surface area contributed by atoms with Crippen LogP contribution in [0.1, 0.15) is 38.4 Å². The predicted molar refractivity (Wildman–Crippen MR) is 162 cm³/mol. The van der Waals surface area contributed by atoms with Crippen LogP contribution in [0.15, 0.2) is 89.8 Å². The third kappa shape index (κ3) is 9.36. The predicted octanol–water partition coefficient (Wildman–Crippen LogP) is 6.65. The molecular formula is C31H37N3O5S. The van der Waals surface area contributed by atoms with Crippen molar-refractivity contribution in [3.05, 3.63) is 90.5 Å². The molecule has 3 aromatic rings. The van der Waals surface area contributed by atoms with Crippen molar-refractivity contribution < 1.29 is 24.2 Å². The number of rotatable bonds is 13. The first kappa shape index (κ1) is 30.6. The van der Waals surface area contributed by atoms with Crippen molar-refractivity contribution in [3.63, 3.8) is 0 Å². The van der Waals surface area contributed by atoms with Gasteiger partial charge in [-0.15, -0.1) is 11.8 Å². The van der Waals surface area contributed by atoms with Crippen molar-refractivity contribution in [2.24, 2.45) is 5.41 Å². The van der Waals surface area contributed by atoms with Gasteiger partial charge >= 0.3 is 6.09 Å². The number of amides is 2. The van der Waals surface area contributed by atoms with E-state index in [2.05, 4.69) is 10.6 Å². The van der Waals surface area contributed by atoms with Crippen LogP contribution < -0.4 is 21.1 Å². The molecule has 0 saturated heterocycles. The number of para-hydroxylation sites is 2. The van der Waals surface area contributed by atoms with Crippen LogP contribution in [0.3, 0.4) is 0 Å². The molecule has 212 valence electrons. The molecule has 9 heteroatoms. The van der Waals surface area contributed by atoms with Gasteiger partial charge in [-0.1, -0.05) is 44.2 Å². The topological polar surface area (TPSA) is 123 Å². The van der Waals surface area contributed by atoms with E-state index in [0.717, 1.165) is 10.5 Å². The number of hydrogen-bond donors (Lipinski definition) is 4. The van der Waals surface area contributed by atoms with E-state index >= 15 is 0 Å². The van der Waals surface area contributed by atoms with Crippen LogP contribution >= 0.6 is 11.8 Å². The van der Waals surface area contributed by atoms with Crippen LogP contribution in [0, 0.1) is 5.41 Å². The minimum Gasteiger partial charge on any atom is -0.491 e. The van der Waals surface area contributed by atoms with Crippen molar-refractivity contribution in [3.8, 4) is 5.75 Å². The standard InChI is InChI=1S/C31H37N3O5S/c1-31(2,19-7-6-10-28(36)34-27-9-5-4-8-26(27)32)29(22-11-15-24(16-12-22)38-21-20-35)39-30(37)33-23-13-17-25(40-3)18-14-23/h4-6,8-18,29,35H,7,19-21,32H2,1-3H3,(H,33,37)(H,34,36)/b10-6+/t29-/m0/s1. The van der Waals surface area contributed by atoms with E-state index in [1.54, 1.807) is 54.2 Å². The molecule has 1 atom stereocenters. The number of benzene rings is 3. The minimum atomic E-state index is -0.587. The zero-order valence-electron chi connectivity index (χ0n) is 23.1. The Morgan fingerprint density at radius 3 is 2.38 bits per heavy atom. The van der Waals surface area contributed by atoms with Gasteiger partial charge in [0, 0.05) is 16.0 Å². The first-order valence-electron chi connectivity index (χ1n) is 13.0. The fourth-order valence-electron chi connectivity index (χ4n) is 4.07. The molecule has 0 spiro atoms. The van der Waals surface area contributed by atoms with Gasteiger partial charge in [0.15, 0.2) is 0 Å². The van der Waals surface area contributed by atoms with Crippen LogP contribution in [0.25, 0.3) is 0 Å². The summed E-state index contributed by atoms with van der Waals surface area (Å²) in [5.74, 6) is 0.342. The van der Waals surface area contributed by atoms with Gasteiger partial charge in [-0.3, -0.25) is 10.1 Å². The van der Waals surface area contributed by atoms with Crippen molar-refractivity contribution in [2.45, 2.75) is 37.7 Å². The number of ether oxygens (including phenoxy) is 2. The maximum absolute atomic E-state index is 13.0. The molecule has 0 bridgehead atoms. The number of hydrogen-bond acceptors (Lipinski definition) is 7. The summed E-state index contributed by atoms with van der Waals surface area (Å²) in [5, 5.41) is 14.6. The van der Waals surface area contributed by atoms with E-state index in [0.29, 0.717) is 35.7 Å². The van der Waals surface area contributed by atoms with Gasteiger partial charge < -0.3 is 25.6 Å². The number of nitrogens with two attached hydrogens (primary N) is 1. The molecular weight excluding hydrogens is 526 g/mol. The Morgan fingerprint density at radius 1 is 1.02 bits per heavy atom. The lowest BCUT2D eigenvalue weighted by Crippen LogP contribution is -2.29. The number of nitrogens with one attached hydrogen (secondary N) is 2. The SMILES string of the molecule is CSc1ccc(NC(=O)O[C@@H](c2ccc(OCCO)cc2)C(C)(C)CC/C=C/C(=O)Nc2ccccc2N)cc1. The number of allylic oxidation sites excluding steroid dienone is 1. The molecule has 2 amide bonds. The number of aliphatic hydroxyl groups is 1. The summed E-state index contributed by atoms with van der Waals surface area (Å²) in [6.07, 6.45) is 5.34. The Hall–Kier alpha value is -3.95. The number of aliphatic hydroxyl groups excluding tert-OH is 1. The number of anilines is 3. The summed E-state index contributed by atoms with van der Waals surface area (Å²) in [7, 11) is 0. The normalized spacial score (nSPS) is 12.1. The molecule has 0 unspecified atom stereocenters. The van der Waals surface area contributed by atoms with Gasteiger partial charge in [0.05, 0.1) is 18.0 Å². The largest absolute Gasteiger partial charge is 0.491 e. The Labute approximate surface area is 240 Å². The van der Waals surface area contributed by atoms with Crippen LogP contribution in [-0.2, 0) is 9.53 Å². The Bertz CT molecular complexity index is 1280. The maximum Gasteiger partial charge on any atom is 0.412 e. The highest BCUT2D eigenvalue weighted by molar-refractivity contribution is 7.98. The zero-order valence-corrected chi connectivity index (χ0v) is 23.9. The fraction of sp³-hybridized carbons (Fsp3) is 0.290. The second-order valence-corrected chi connectivity index (χ2v) is 10.7. The monoisotopic (exact) mass is 563 g/mol. The Balaban J connectivity index is 1.69. The summed E-state index contributed by atoms with van der Waals surface area (Å²) in [4.78, 5) is 26.4. The maximum atomic E-state index is 13.0. The van der Waals surface area contributed by atoms with Gasteiger partial charge in [0.25, 0.3) is 0 Å². The smallest absolute Gasteiger partial charge is 0.412 e. The summed E-state index contributed by atoms with van der Waals surface area (Å²) < 4.78 is 11.5. The molecule has 0 aliphatic rings. The lowest BCUT2D eigenvalue weighted by atomic mass is 9.78. The minimum absolute atomic E-state index is 0.0805. The highest BCUT2D eigenvalue weighted by Gasteiger charge is 2.34. The van der Waals surface area contributed by atoms with Crippen LogP contribution in [-0.4, -0.2) is 36.6 Å². The van der Waals surface area contributed by atoms with Gasteiger partial charge in [-0.2, -0.15) is 0 Å². The van der Waals surface area contributed by atoms with Gasteiger partial charge in [-0.25, -0.2) is 4.79 Å². The number of nitrogen functional groups attached to an aromatic ring is 1. The molecule has 8 nitrogen and oxygen atoms in total. The van der Waals surface area contributed by atoms with Crippen molar-refractivity contribution in [2.75, 3.05) is 35.8 Å². The van der Waals surface area contributed by atoms with Crippen LogP contribution in [0.4, 0.5) is 21.9 Å². The third-order valence-corrected chi connectivity index (χ3v) is 7.00. The van der Waals surface area contributed by atoms with E-state index in [-0.39, 0.29) is 19.1 Å². The molecule has 0 heterocycles. The molecule has 3 aromatic carbocycles. The van der Waals surface area contributed by atoms with Gasteiger partial charge in [0.1, 0.15) is 18.5 Å². The molecule has 5 N–H and O–H groups in total. The first-order valence-corrected chi connectivity index (χ1v) is 14.2. The second kappa shape index (κ2) is 15.0. The quantitative estimate of drug-likeness (QED) is 0.104. The third-order valence-electron chi connectivity index (χ3n) is 6.26. The van der Waals surface area contributed by atoms with E-state index in [4.69, 9.17) is 20.3 Å². The van der Waals surface area contributed by atoms with E-state index < -0.39 is 17.6 Å². The molecule has 0 aliphatic carbocycles. The Morgan fingerprint density at radius 2 is 1.73 bits per heavy atom. The summed E-state index contributed by atoms with van der Waals surface area (Å²) in [6, 6.07) is 21.9. The molecule has 0 aromatic heterocycles. The molecule has 0 saturated carbocycles. The lowest BCUT2D eigenvalue weighted by molar-refractivity contribution is -0.111. The summed E-state index contributed by atoms with van der Waals surface area (Å²) in [5.41, 5.74) is 7.91. The molecule has 3 rings (SSSR count). The molecule has 40 heavy (non-hydrogen) atoms. The van der Waals surface area contributed by atoms with Crippen LogP contribution in [0.2, 0.25) is 0 Å².